The molecule has 1 unspecified atom stereocenters. The number of hydrogen-bond acceptors (Lipinski definition) is 25. The van der Waals surface area contributed by atoms with Gasteiger partial charge in [-0.3, -0.25) is 4.79 Å². The summed E-state index contributed by atoms with van der Waals surface area (Å²) in [5, 5.41) is 153. The molecule has 10 aliphatic rings. The van der Waals surface area contributed by atoms with E-state index in [4.69, 9.17) is 47.4 Å². The maximum Gasteiger partial charge on any atom is 0.317 e. The van der Waals surface area contributed by atoms with Crippen LogP contribution in [0.25, 0.3) is 0 Å². The number of esters is 1. The van der Waals surface area contributed by atoms with Crippen molar-refractivity contribution in [2.24, 2.45) is 50.2 Å². The fourth-order valence-electron chi connectivity index (χ4n) is 17.2. The van der Waals surface area contributed by atoms with Crippen LogP contribution in [0.4, 0.5) is 0 Å². The van der Waals surface area contributed by atoms with Crippen LogP contribution in [0.15, 0.2) is 11.6 Å². The molecule has 0 aromatic heterocycles. The minimum atomic E-state index is -1.87. The van der Waals surface area contributed by atoms with Gasteiger partial charge in [-0.15, -0.1) is 0 Å². The van der Waals surface area contributed by atoms with Gasteiger partial charge in [0.25, 0.3) is 0 Å². The third kappa shape index (κ3) is 10.4. The lowest BCUT2D eigenvalue weighted by Crippen LogP contribution is -2.68. The van der Waals surface area contributed by atoms with Gasteiger partial charge in [0, 0.05) is 0 Å². The largest absolute Gasteiger partial charge is 0.432 e. The molecule has 0 spiro atoms. The van der Waals surface area contributed by atoms with Crippen molar-refractivity contribution >= 4 is 5.97 Å². The number of carbonyl (C=O) groups excluding carboxylic acids is 1. The van der Waals surface area contributed by atoms with E-state index in [-0.39, 0.29) is 47.5 Å². The average molecular weight is 1180 g/mol. The van der Waals surface area contributed by atoms with E-state index in [0.717, 1.165) is 18.4 Å². The van der Waals surface area contributed by atoms with E-state index in [1.165, 1.54) is 6.92 Å². The van der Waals surface area contributed by atoms with Gasteiger partial charge < -0.3 is 119 Å². The van der Waals surface area contributed by atoms with Crippen molar-refractivity contribution in [3.63, 3.8) is 0 Å². The number of carbonyl (C=O) groups is 1. The SMILES string of the molecule is C[C@@H]1O[C@@H](O[C@H]2[C@H](OC(=O)[C@]34CCC(C)(C)C[C@H]3C3=CC[C@@H]5[C@@]6(C)CC[C@H](O[C@@H]7O[C@H](CO)[C@@H](O)[C@H](O[C@@H]8OC[C@@H](O)[C@H](O)[C@H]8O)[C@H]7O)C(C)(C)C6CC[C@@]5(C)[C@]3(C)C[C@H]4O)OC[C@H](O)[C@@H]2O)[C@H](O)[C@H](O[C@@H]2OC[C@@H](O)[C@H](O)[C@H]2O)[C@H]1O. The molecule has 0 amide bonds. The Balaban J connectivity index is 0.873. The highest BCUT2D eigenvalue weighted by Gasteiger charge is 2.72. The van der Waals surface area contributed by atoms with Crippen LogP contribution in [0.5, 0.6) is 0 Å². The lowest BCUT2D eigenvalue weighted by atomic mass is 9.33. The fourth-order valence-corrected chi connectivity index (χ4v) is 17.2. The van der Waals surface area contributed by atoms with Crippen LogP contribution in [0, 0.1) is 50.2 Å². The zero-order valence-electron chi connectivity index (χ0n) is 48.1. The topological polar surface area (TPSA) is 393 Å². The van der Waals surface area contributed by atoms with Crippen LogP contribution >= 0.6 is 0 Å². The first-order valence-electron chi connectivity index (χ1n) is 29.5. The Bertz CT molecular complexity index is 2290. The molecule has 31 atom stereocenters. The normalized spacial score (nSPS) is 54.8. The summed E-state index contributed by atoms with van der Waals surface area (Å²) in [6, 6.07) is 0. The van der Waals surface area contributed by atoms with E-state index in [1.807, 2.05) is 0 Å². The Labute approximate surface area is 477 Å². The van der Waals surface area contributed by atoms with E-state index >= 15 is 4.79 Å². The van der Waals surface area contributed by atoms with Crippen molar-refractivity contribution in [1.29, 1.82) is 0 Å². The Kier molecular flexibility index (Phi) is 17.8. The van der Waals surface area contributed by atoms with Crippen molar-refractivity contribution in [1.82, 2.24) is 0 Å². The van der Waals surface area contributed by atoms with Gasteiger partial charge in [-0.05, 0) is 110 Å². The van der Waals surface area contributed by atoms with Crippen molar-refractivity contribution in [3.8, 4) is 0 Å². The zero-order chi connectivity index (χ0) is 59.7. The van der Waals surface area contributed by atoms with E-state index in [9.17, 15) is 71.5 Å². The van der Waals surface area contributed by atoms with E-state index in [0.29, 0.717) is 32.1 Å². The van der Waals surface area contributed by atoms with Gasteiger partial charge in [-0.25, -0.2) is 0 Å². The molecule has 10 rings (SSSR count). The van der Waals surface area contributed by atoms with Gasteiger partial charge in [-0.2, -0.15) is 0 Å². The number of aliphatic hydroxyl groups excluding tert-OH is 14. The highest BCUT2D eigenvalue weighted by Crippen LogP contribution is 2.76. The van der Waals surface area contributed by atoms with E-state index < -0.39 is 195 Å². The number of allylic oxidation sites excluding steroid dienone is 2. The highest BCUT2D eigenvalue weighted by molar-refractivity contribution is 5.80. The molecule has 5 heterocycles. The molecule has 5 aliphatic carbocycles. The molecule has 4 saturated carbocycles. The summed E-state index contributed by atoms with van der Waals surface area (Å²) in [5.41, 5.74) is -2.47. The van der Waals surface area contributed by atoms with E-state index in [2.05, 4.69) is 54.5 Å². The summed E-state index contributed by atoms with van der Waals surface area (Å²) < 4.78 is 59.4. The first-order chi connectivity index (χ1) is 38.4. The van der Waals surface area contributed by atoms with Gasteiger partial charge in [0.05, 0.1) is 44.7 Å². The standard InChI is InChI=1S/C57H92O25/c1-23-34(63)43(79-46-39(68)35(64)26(59)20-73-46)41(70)48(76-23)81-45-37(66)28(61)22-75-50(45)82-51(72)57-16-15-52(2,3)17-25(57)24-9-10-31-54(6)13-12-33(53(4,5)30(54)11-14-55(31,7)56(24,8)18-32(57)62)78-49-42(71)44(38(67)29(19-58)77-49)80-47-40(69)36(65)27(60)21-74-47/h9,23,25-50,58-71H,10-22H2,1-8H3/t23-,25-,26+,27+,28-,29+,30?,31+,32+,33-,34-,35-,36-,37-,38+,39+,40+,41+,42+,43+,44-,45+,46-,47-,48-,49-,50-,54-,55+,56+,57+/m0/s1. The first kappa shape index (κ1) is 63.3. The molecular formula is C57H92O25. The fraction of sp³-hybridized carbons (Fsp3) is 0.947. The maximum atomic E-state index is 15.4. The van der Waals surface area contributed by atoms with Gasteiger partial charge in [0.15, 0.2) is 31.3 Å². The summed E-state index contributed by atoms with van der Waals surface area (Å²) >= 11 is 0. The molecule has 0 aromatic carbocycles. The van der Waals surface area contributed by atoms with Crippen LogP contribution in [-0.4, -0.2) is 251 Å². The first-order valence-corrected chi connectivity index (χ1v) is 29.5. The lowest BCUT2D eigenvalue weighted by Gasteiger charge is -2.71. The molecule has 82 heavy (non-hydrogen) atoms. The van der Waals surface area contributed by atoms with Crippen LogP contribution in [-0.2, 0) is 52.2 Å². The Hall–Kier alpha value is -1.71. The number of aliphatic hydroxyl groups is 14. The van der Waals surface area contributed by atoms with Crippen molar-refractivity contribution in [2.75, 3.05) is 26.4 Å². The van der Waals surface area contributed by atoms with Gasteiger partial charge >= 0.3 is 5.97 Å². The number of rotatable bonds is 11. The van der Waals surface area contributed by atoms with Crippen LogP contribution in [0.2, 0.25) is 0 Å². The van der Waals surface area contributed by atoms with Crippen LogP contribution in [0.1, 0.15) is 113 Å². The summed E-state index contributed by atoms with van der Waals surface area (Å²) in [5.74, 6) is -1.11. The predicted octanol–water partition coefficient (Wildman–Crippen LogP) is -2.30. The second-order valence-electron chi connectivity index (χ2n) is 27.8. The third-order valence-electron chi connectivity index (χ3n) is 22.3. The second-order valence-corrected chi connectivity index (χ2v) is 27.8. The summed E-state index contributed by atoms with van der Waals surface area (Å²) in [4.78, 5) is 15.4. The Morgan fingerprint density at radius 3 is 1.71 bits per heavy atom. The quantitative estimate of drug-likeness (QED) is 0.0588. The molecule has 5 saturated heterocycles. The Morgan fingerprint density at radius 1 is 0.561 bits per heavy atom. The number of ether oxygens (including phenoxy) is 10. The van der Waals surface area contributed by atoms with E-state index in [1.54, 1.807) is 0 Å². The zero-order valence-corrected chi connectivity index (χ0v) is 48.1. The minimum Gasteiger partial charge on any atom is -0.432 e. The molecule has 470 valence electrons. The molecule has 0 aromatic rings. The average Bonchev–Trinajstić information content (AvgIpc) is 0.742. The molecular weight excluding hydrogens is 1080 g/mol. The number of fused-ring (bicyclic) bond motifs is 7. The van der Waals surface area contributed by atoms with Crippen LogP contribution < -0.4 is 0 Å². The molecule has 14 N–H and O–H groups in total. The maximum absolute atomic E-state index is 15.4. The van der Waals surface area contributed by atoms with Gasteiger partial charge in [0.1, 0.15) is 97.0 Å². The Morgan fingerprint density at radius 2 is 1.11 bits per heavy atom. The minimum absolute atomic E-state index is 0.0754. The second kappa shape index (κ2) is 23.0. The van der Waals surface area contributed by atoms with Crippen molar-refractivity contribution in [2.45, 2.75) is 261 Å². The summed E-state index contributed by atoms with van der Waals surface area (Å²) in [6.45, 7) is 15.0. The smallest absolute Gasteiger partial charge is 0.317 e. The predicted molar refractivity (Wildman–Crippen MR) is 277 cm³/mol. The lowest BCUT2D eigenvalue weighted by molar-refractivity contribution is -0.370. The van der Waals surface area contributed by atoms with Gasteiger partial charge in [0.2, 0.25) is 6.29 Å². The van der Waals surface area contributed by atoms with Crippen LogP contribution in [0.3, 0.4) is 0 Å². The molecule has 0 bridgehead atoms. The third-order valence-corrected chi connectivity index (χ3v) is 22.3. The van der Waals surface area contributed by atoms with Crippen molar-refractivity contribution < 1.29 is 124 Å². The van der Waals surface area contributed by atoms with Gasteiger partial charge in [-0.1, -0.05) is 60.1 Å². The monoisotopic (exact) mass is 1180 g/mol. The molecule has 0 radical (unpaired) electrons. The highest BCUT2D eigenvalue weighted by atomic mass is 16.8. The molecule has 5 aliphatic heterocycles. The summed E-state index contributed by atoms with van der Waals surface area (Å²) in [6.07, 6.45) is -28.9. The number of hydrogen-bond donors (Lipinski definition) is 14. The molecule has 25 nitrogen and oxygen atoms in total. The summed E-state index contributed by atoms with van der Waals surface area (Å²) in [7, 11) is 0. The molecule has 9 fully saturated rings. The molecule has 25 heteroatoms. The van der Waals surface area contributed by atoms with Crippen molar-refractivity contribution in [3.05, 3.63) is 11.6 Å².